The Labute approximate surface area is 166 Å². The van der Waals surface area contributed by atoms with Crippen molar-refractivity contribution in [2.24, 2.45) is 0 Å². The van der Waals surface area contributed by atoms with Crippen molar-refractivity contribution >= 4 is 45.8 Å². The van der Waals surface area contributed by atoms with E-state index in [0.29, 0.717) is 24.3 Å². The molecule has 2 heterocycles. The monoisotopic (exact) mass is 399 g/mol. The summed E-state index contributed by atoms with van der Waals surface area (Å²) in [5, 5.41) is 9.19. The van der Waals surface area contributed by atoms with Crippen molar-refractivity contribution in [2.75, 3.05) is 6.54 Å². The highest BCUT2D eigenvalue weighted by molar-refractivity contribution is 8.18. The van der Waals surface area contributed by atoms with Gasteiger partial charge in [-0.25, -0.2) is 5.48 Å². The van der Waals surface area contributed by atoms with Crippen molar-refractivity contribution in [3.8, 4) is 0 Å². The van der Waals surface area contributed by atoms with E-state index in [4.69, 9.17) is 5.21 Å². The fourth-order valence-electron chi connectivity index (χ4n) is 2.98. The van der Waals surface area contributed by atoms with Crippen LogP contribution in [0.5, 0.6) is 0 Å². The zero-order valence-corrected chi connectivity index (χ0v) is 16.1. The maximum Gasteiger partial charge on any atom is 0.293 e. The van der Waals surface area contributed by atoms with Gasteiger partial charge in [-0.1, -0.05) is 31.0 Å². The van der Waals surface area contributed by atoms with Crippen LogP contribution in [-0.4, -0.2) is 38.7 Å². The molecule has 1 aromatic carbocycles. The third-order valence-electron chi connectivity index (χ3n) is 4.46. The molecule has 0 radical (unpaired) electrons. The molecule has 1 aromatic heterocycles. The van der Waals surface area contributed by atoms with Gasteiger partial charge < -0.3 is 0 Å². The zero-order valence-electron chi connectivity index (χ0n) is 15.3. The van der Waals surface area contributed by atoms with E-state index in [2.05, 4.69) is 4.98 Å². The molecule has 0 spiro atoms. The van der Waals surface area contributed by atoms with Crippen molar-refractivity contribution in [3.63, 3.8) is 0 Å². The molecule has 0 unspecified atom stereocenters. The molecule has 7 nitrogen and oxygen atoms in total. The van der Waals surface area contributed by atoms with Gasteiger partial charge in [-0.05, 0) is 48.4 Å². The van der Waals surface area contributed by atoms with Gasteiger partial charge in [0.2, 0.25) is 5.91 Å². The molecule has 0 aliphatic carbocycles. The van der Waals surface area contributed by atoms with Crippen LogP contribution in [0.1, 0.15) is 37.7 Å². The number of nitrogens with zero attached hydrogens (tertiary/aromatic N) is 2. The Morgan fingerprint density at radius 3 is 2.82 bits per heavy atom. The zero-order chi connectivity index (χ0) is 19.9. The molecule has 1 fully saturated rings. The molecule has 0 bridgehead atoms. The molecule has 1 aliphatic rings. The van der Waals surface area contributed by atoms with E-state index < -0.39 is 5.91 Å². The number of hydrogen-bond donors (Lipinski definition) is 2. The quantitative estimate of drug-likeness (QED) is 0.304. The van der Waals surface area contributed by atoms with Gasteiger partial charge in [0.1, 0.15) is 0 Å². The standard InChI is InChI=1S/C20H21N3O4S/c24-18(22-27)7-3-1-2-4-11-23-19(25)17(28-20(23)26)13-14-8-9-15-6-5-10-21-16(15)12-14/h5-6,8-10,12-13,27H,1-4,7,11H2,(H,22,24). The van der Waals surface area contributed by atoms with Gasteiger partial charge >= 0.3 is 0 Å². The van der Waals surface area contributed by atoms with Crippen LogP contribution in [0.3, 0.4) is 0 Å². The first-order valence-electron chi connectivity index (χ1n) is 9.11. The maximum absolute atomic E-state index is 12.6. The minimum absolute atomic E-state index is 0.255. The van der Waals surface area contributed by atoms with Crippen LogP contribution >= 0.6 is 11.8 Å². The minimum Gasteiger partial charge on any atom is -0.289 e. The van der Waals surface area contributed by atoms with E-state index in [9.17, 15) is 14.4 Å². The molecule has 1 aliphatic heterocycles. The minimum atomic E-state index is -0.403. The van der Waals surface area contributed by atoms with Crippen LogP contribution in [0, 0.1) is 0 Å². The van der Waals surface area contributed by atoms with Crippen LogP contribution in [-0.2, 0) is 9.59 Å². The highest BCUT2D eigenvalue weighted by atomic mass is 32.2. The lowest BCUT2D eigenvalue weighted by Gasteiger charge is -2.11. The highest BCUT2D eigenvalue weighted by Crippen LogP contribution is 2.32. The van der Waals surface area contributed by atoms with E-state index in [1.54, 1.807) is 17.8 Å². The number of hydrogen-bond acceptors (Lipinski definition) is 6. The van der Waals surface area contributed by atoms with Crippen LogP contribution in [0.2, 0.25) is 0 Å². The van der Waals surface area contributed by atoms with Gasteiger partial charge in [-0.2, -0.15) is 0 Å². The first kappa shape index (κ1) is 20.0. The Balaban J connectivity index is 1.55. The number of carbonyl (C=O) groups is 3. The number of imide groups is 1. The van der Waals surface area contributed by atoms with E-state index in [1.165, 1.54) is 4.90 Å². The average molecular weight is 399 g/mol. The van der Waals surface area contributed by atoms with E-state index in [-0.39, 0.29) is 17.6 Å². The van der Waals surface area contributed by atoms with E-state index in [1.807, 2.05) is 30.3 Å². The number of fused-ring (bicyclic) bond motifs is 1. The summed E-state index contributed by atoms with van der Waals surface area (Å²) in [6.07, 6.45) is 6.65. The molecular formula is C20H21N3O4S. The van der Waals surface area contributed by atoms with Crippen LogP contribution in [0.25, 0.3) is 17.0 Å². The second kappa shape index (κ2) is 9.48. The van der Waals surface area contributed by atoms with Gasteiger partial charge in [0.25, 0.3) is 11.1 Å². The molecule has 3 rings (SSSR count). The van der Waals surface area contributed by atoms with Crippen LogP contribution in [0.15, 0.2) is 41.4 Å². The average Bonchev–Trinajstić information content (AvgIpc) is 2.97. The molecule has 8 heteroatoms. The lowest BCUT2D eigenvalue weighted by molar-refractivity contribution is -0.129. The summed E-state index contributed by atoms with van der Waals surface area (Å²) in [5.41, 5.74) is 3.27. The SMILES string of the molecule is O=C(CCCCCCN1C(=O)SC(=Cc2ccc3cccnc3c2)C1=O)NO. The predicted octanol–water partition coefficient (Wildman–Crippen LogP) is 3.73. The second-order valence-corrected chi connectivity index (χ2v) is 7.48. The van der Waals surface area contributed by atoms with Gasteiger partial charge in [0.15, 0.2) is 0 Å². The van der Waals surface area contributed by atoms with Gasteiger partial charge in [-0.3, -0.25) is 29.5 Å². The lowest BCUT2D eigenvalue weighted by Crippen LogP contribution is -2.29. The molecule has 0 saturated carbocycles. The van der Waals surface area contributed by atoms with Crippen molar-refractivity contribution in [1.29, 1.82) is 0 Å². The third kappa shape index (κ3) is 4.96. The lowest BCUT2D eigenvalue weighted by atomic mass is 10.1. The van der Waals surface area contributed by atoms with Crippen molar-refractivity contribution in [2.45, 2.75) is 32.1 Å². The fourth-order valence-corrected chi connectivity index (χ4v) is 3.85. The molecule has 3 amide bonds. The summed E-state index contributed by atoms with van der Waals surface area (Å²) in [4.78, 5) is 41.7. The largest absolute Gasteiger partial charge is 0.293 e. The number of thioether (sulfide) groups is 1. The number of carbonyl (C=O) groups excluding carboxylic acids is 3. The number of benzene rings is 1. The molecule has 0 atom stereocenters. The first-order chi connectivity index (χ1) is 13.6. The Morgan fingerprint density at radius 1 is 1.18 bits per heavy atom. The van der Waals surface area contributed by atoms with Crippen LogP contribution in [0.4, 0.5) is 4.79 Å². The summed E-state index contributed by atoms with van der Waals surface area (Å²) < 4.78 is 0. The number of rotatable bonds is 8. The first-order valence-corrected chi connectivity index (χ1v) is 9.93. The number of unbranched alkanes of at least 4 members (excludes halogenated alkanes) is 3. The molecule has 28 heavy (non-hydrogen) atoms. The summed E-state index contributed by atoms with van der Waals surface area (Å²) in [7, 11) is 0. The predicted molar refractivity (Wildman–Crippen MR) is 107 cm³/mol. The Kier molecular flexibility index (Phi) is 6.78. The molecular weight excluding hydrogens is 378 g/mol. The summed E-state index contributed by atoms with van der Waals surface area (Å²) in [6.45, 7) is 0.369. The van der Waals surface area contributed by atoms with Crippen LogP contribution < -0.4 is 5.48 Å². The molecule has 2 N–H and O–H groups in total. The number of amides is 3. The molecule has 146 valence electrons. The smallest absolute Gasteiger partial charge is 0.289 e. The number of hydroxylamine groups is 1. The fraction of sp³-hybridized carbons (Fsp3) is 0.300. The second-order valence-electron chi connectivity index (χ2n) is 6.49. The van der Waals surface area contributed by atoms with Crippen molar-refractivity contribution in [3.05, 3.63) is 47.0 Å². The number of pyridine rings is 1. The van der Waals surface area contributed by atoms with Crippen molar-refractivity contribution < 1.29 is 19.6 Å². The Bertz CT molecular complexity index is 929. The number of aromatic nitrogens is 1. The Morgan fingerprint density at radius 2 is 2.00 bits per heavy atom. The van der Waals surface area contributed by atoms with Gasteiger partial charge in [0.05, 0.1) is 10.4 Å². The maximum atomic E-state index is 12.6. The third-order valence-corrected chi connectivity index (χ3v) is 5.37. The normalized spacial score (nSPS) is 15.6. The highest BCUT2D eigenvalue weighted by Gasteiger charge is 2.34. The van der Waals surface area contributed by atoms with E-state index in [0.717, 1.165) is 41.1 Å². The summed E-state index contributed by atoms with van der Waals surface area (Å²) in [5.74, 6) is -0.671. The van der Waals surface area contributed by atoms with Crippen molar-refractivity contribution in [1.82, 2.24) is 15.4 Å². The number of nitrogens with one attached hydrogen (secondary N) is 1. The Hall–Kier alpha value is -2.71. The summed E-state index contributed by atoms with van der Waals surface area (Å²) in [6, 6.07) is 9.58. The van der Waals surface area contributed by atoms with Gasteiger partial charge in [0, 0.05) is 24.5 Å². The van der Waals surface area contributed by atoms with E-state index >= 15 is 0 Å². The topological polar surface area (TPSA) is 99.6 Å². The molecule has 2 aromatic rings. The summed E-state index contributed by atoms with van der Waals surface area (Å²) >= 11 is 0.955. The van der Waals surface area contributed by atoms with Gasteiger partial charge in [-0.15, -0.1) is 0 Å². The molecule has 1 saturated heterocycles.